The first kappa shape index (κ1) is 14.6. The zero-order valence-corrected chi connectivity index (χ0v) is 12.5. The van der Waals surface area contributed by atoms with Crippen LogP contribution in [0.3, 0.4) is 0 Å². The Morgan fingerprint density at radius 2 is 2.21 bits per heavy atom. The first-order valence-corrected chi connectivity index (χ1v) is 7.59. The van der Waals surface area contributed by atoms with Crippen LogP contribution in [-0.4, -0.2) is 30.2 Å². The summed E-state index contributed by atoms with van der Waals surface area (Å²) in [6, 6.07) is 4.02. The lowest BCUT2D eigenvalue weighted by atomic mass is 10.0. The molecule has 1 aromatic rings. The van der Waals surface area contributed by atoms with Crippen molar-refractivity contribution in [3.8, 4) is 0 Å². The minimum absolute atomic E-state index is 0.352. The van der Waals surface area contributed by atoms with Gasteiger partial charge >= 0.3 is 0 Å². The molecule has 1 fully saturated rings. The summed E-state index contributed by atoms with van der Waals surface area (Å²) in [6.07, 6.45) is 6.16. The predicted octanol–water partition coefficient (Wildman–Crippen LogP) is 3.70. The summed E-state index contributed by atoms with van der Waals surface area (Å²) < 4.78 is 11.7. The van der Waals surface area contributed by atoms with Gasteiger partial charge in [0, 0.05) is 13.1 Å². The third-order valence-corrected chi connectivity index (χ3v) is 3.85. The number of ether oxygens (including phenoxy) is 1. The second-order valence-electron chi connectivity index (χ2n) is 5.96. The molecule has 1 aromatic heterocycles. The molecule has 0 aromatic carbocycles. The Labute approximate surface area is 116 Å². The Hall–Kier alpha value is -0.800. The average Bonchev–Trinajstić information content (AvgIpc) is 2.89. The number of morpholine rings is 1. The van der Waals surface area contributed by atoms with Gasteiger partial charge in [0.05, 0.1) is 25.0 Å². The zero-order chi connectivity index (χ0) is 13.7. The highest BCUT2D eigenvalue weighted by Crippen LogP contribution is 2.22. The number of unbranched alkanes of at least 4 members (excludes halogenated alkanes) is 1. The molecule has 1 aliphatic heterocycles. The van der Waals surface area contributed by atoms with Gasteiger partial charge in [-0.15, -0.1) is 0 Å². The van der Waals surface area contributed by atoms with Crippen molar-refractivity contribution < 1.29 is 9.15 Å². The molecule has 3 heteroatoms. The van der Waals surface area contributed by atoms with Crippen LogP contribution in [0.2, 0.25) is 0 Å². The largest absolute Gasteiger partial charge is 0.468 e. The third-order valence-electron chi connectivity index (χ3n) is 3.85. The van der Waals surface area contributed by atoms with E-state index in [0.717, 1.165) is 25.4 Å². The van der Waals surface area contributed by atoms with Crippen molar-refractivity contribution in [2.75, 3.05) is 13.1 Å². The topological polar surface area (TPSA) is 25.6 Å². The molecule has 0 aliphatic carbocycles. The van der Waals surface area contributed by atoms with Crippen LogP contribution >= 0.6 is 0 Å². The molecule has 2 heterocycles. The zero-order valence-electron chi connectivity index (χ0n) is 12.5. The lowest BCUT2D eigenvalue weighted by Crippen LogP contribution is -2.48. The fourth-order valence-electron chi connectivity index (χ4n) is 2.66. The number of hydrogen-bond acceptors (Lipinski definition) is 3. The molecule has 108 valence electrons. The summed E-state index contributed by atoms with van der Waals surface area (Å²) in [4.78, 5) is 2.48. The molecule has 1 aliphatic rings. The van der Waals surface area contributed by atoms with Crippen LogP contribution in [0.15, 0.2) is 22.8 Å². The van der Waals surface area contributed by atoms with E-state index >= 15 is 0 Å². The molecule has 0 bridgehead atoms. The summed E-state index contributed by atoms with van der Waals surface area (Å²) in [5, 5.41) is 0. The maximum absolute atomic E-state index is 6.23. The number of rotatable bonds is 6. The van der Waals surface area contributed by atoms with E-state index in [1.807, 2.05) is 6.07 Å². The lowest BCUT2D eigenvalue weighted by Gasteiger charge is -2.39. The van der Waals surface area contributed by atoms with Crippen LogP contribution in [0.1, 0.15) is 45.8 Å². The van der Waals surface area contributed by atoms with Gasteiger partial charge in [-0.25, -0.2) is 0 Å². The maximum atomic E-state index is 6.23. The highest BCUT2D eigenvalue weighted by Gasteiger charge is 2.29. The summed E-state index contributed by atoms with van der Waals surface area (Å²) in [5.74, 6) is 1.63. The average molecular weight is 265 g/mol. The van der Waals surface area contributed by atoms with Crippen molar-refractivity contribution >= 4 is 0 Å². The van der Waals surface area contributed by atoms with Gasteiger partial charge in [0.25, 0.3) is 0 Å². The van der Waals surface area contributed by atoms with Crippen LogP contribution < -0.4 is 0 Å². The Kier molecular flexibility index (Phi) is 5.46. The van der Waals surface area contributed by atoms with E-state index < -0.39 is 0 Å². The van der Waals surface area contributed by atoms with Crippen LogP contribution in [0.4, 0.5) is 0 Å². The molecule has 0 saturated carbocycles. The van der Waals surface area contributed by atoms with E-state index in [-0.39, 0.29) is 0 Å². The smallest absolute Gasteiger partial charge is 0.117 e. The molecule has 19 heavy (non-hydrogen) atoms. The summed E-state index contributed by atoms with van der Waals surface area (Å²) in [7, 11) is 0. The van der Waals surface area contributed by atoms with Gasteiger partial charge in [0.2, 0.25) is 0 Å². The minimum Gasteiger partial charge on any atom is -0.468 e. The van der Waals surface area contributed by atoms with Crippen molar-refractivity contribution in [2.45, 2.75) is 58.8 Å². The van der Waals surface area contributed by atoms with E-state index in [0.29, 0.717) is 18.1 Å². The van der Waals surface area contributed by atoms with E-state index in [4.69, 9.17) is 9.15 Å². The Balaban J connectivity index is 1.93. The van der Waals surface area contributed by atoms with Gasteiger partial charge in [-0.3, -0.25) is 4.90 Å². The normalized spacial score (nSPS) is 25.1. The number of furan rings is 1. The van der Waals surface area contributed by atoms with Gasteiger partial charge in [-0.2, -0.15) is 0 Å². The summed E-state index contributed by atoms with van der Waals surface area (Å²) in [5.41, 5.74) is 0. The first-order valence-electron chi connectivity index (χ1n) is 7.59. The first-order chi connectivity index (χ1) is 9.19. The molecular formula is C16H27NO2. The van der Waals surface area contributed by atoms with Crippen molar-refractivity contribution in [3.63, 3.8) is 0 Å². The third kappa shape index (κ3) is 4.36. The van der Waals surface area contributed by atoms with Crippen LogP contribution in [0.5, 0.6) is 0 Å². The van der Waals surface area contributed by atoms with Crippen molar-refractivity contribution in [1.82, 2.24) is 4.90 Å². The fourth-order valence-corrected chi connectivity index (χ4v) is 2.66. The van der Waals surface area contributed by atoms with Gasteiger partial charge in [-0.05, 0) is 24.5 Å². The number of nitrogens with zero attached hydrogens (tertiary/aromatic N) is 1. The quantitative estimate of drug-likeness (QED) is 0.784. The van der Waals surface area contributed by atoms with Crippen molar-refractivity contribution in [1.29, 1.82) is 0 Å². The fraction of sp³-hybridized carbons (Fsp3) is 0.750. The van der Waals surface area contributed by atoms with Gasteiger partial charge in [-0.1, -0.05) is 33.6 Å². The second-order valence-corrected chi connectivity index (χ2v) is 5.96. The highest BCUT2D eigenvalue weighted by atomic mass is 16.5. The minimum atomic E-state index is 0.352. The maximum Gasteiger partial charge on any atom is 0.117 e. The molecule has 2 rings (SSSR count). The molecule has 2 atom stereocenters. The predicted molar refractivity (Wildman–Crippen MR) is 77.0 cm³/mol. The van der Waals surface area contributed by atoms with Crippen molar-refractivity contribution in [3.05, 3.63) is 24.2 Å². The van der Waals surface area contributed by atoms with E-state index in [9.17, 15) is 0 Å². The molecular weight excluding hydrogens is 238 g/mol. The highest BCUT2D eigenvalue weighted by molar-refractivity contribution is 4.98. The standard InChI is InChI=1S/C16H27NO2/c1-4-5-7-15-11-17(10-14-8-6-9-18-14)12-16(19-15)13(2)3/h6,8-9,13,15-16H,4-5,7,10-12H2,1-3H3/t15-,16-/m1/s1. The molecule has 1 saturated heterocycles. The van der Waals surface area contributed by atoms with Crippen LogP contribution in [0, 0.1) is 5.92 Å². The Morgan fingerprint density at radius 3 is 2.84 bits per heavy atom. The molecule has 0 unspecified atom stereocenters. The summed E-state index contributed by atoms with van der Waals surface area (Å²) >= 11 is 0. The molecule has 0 N–H and O–H groups in total. The Morgan fingerprint density at radius 1 is 1.37 bits per heavy atom. The van der Waals surface area contributed by atoms with E-state index in [2.05, 4.69) is 31.7 Å². The molecule has 0 spiro atoms. The SMILES string of the molecule is CCCC[C@@H]1CN(Cc2ccco2)C[C@H](C(C)C)O1. The van der Waals surface area contributed by atoms with Gasteiger partial charge < -0.3 is 9.15 Å². The monoisotopic (exact) mass is 265 g/mol. The second kappa shape index (κ2) is 7.11. The van der Waals surface area contributed by atoms with Gasteiger partial charge in [0.15, 0.2) is 0 Å². The Bertz CT molecular complexity index is 348. The number of hydrogen-bond donors (Lipinski definition) is 0. The lowest BCUT2D eigenvalue weighted by molar-refractivity contribution is -0.109. The summed E-state index contributed by atoms with van der Waals surface area (Å²) in [6.45, 7) is 9.69. The van der Waals surface area contributed by atoms with Gasteiger partial charge in [0.1, 0.15) is 5.76 Å². The van der Waals surface area contributed by atoms with E-state index in [1.54, 1.807) is 6.26 Å². The molecule has 0 amide bonds. The van der Waals surface area contributed by atoms with Crippen LogP contribution in [-0.2, 0) is 11.3 Å². The molecule has 3 nitrogen and oxygen atoms in total. The molecule has 0 radical (unpaired) electrons. The van der Waals surface area contributed by atoms with Crippen LogP contribution in [0.25, 0.3) is 0 Å². The van der Waals surface area contributed by atoms with Crippen molar-refractivity contribution in [2.24, 2.45) is 5.92 Å². The van der Waals surface area contributed by atoms with E-state index in [1.165, 1.54) is 19.3 Å².